The molecule has 0 aliphatic rings. The van der Waals surface area contributed by atoms with Gasteiger partial charge in [0, 0.05) is 0 Å². The Hall–Kier alpha value is -2.23. The molecule has 0 atom stereocenters. The number of ether oxygens (including phenoxy) is 1. The lowest BCUT2D eigenvalue weighted by atomic mass is 10.1. The van der Waals surface area contributed by atoms with Crippen molar-refractivity contribution in [3.63, 3.8) is 0 Å². The van der Waals surface area contributed by atoms with E-state index in [1.54, 1.807) is 13.8 Å². The van der Waals surface area contributed by atoms with Gasteiger partial charge in [0.1, 0.15) is 17.4 Å². The number of hydrogen-bond donors (Lipinski definition) is 0. The quantitative estimate of drug-likeness (QED) is 0.609. The van der Waals surface area contributed by atoms with Crippen molar-refractivity contribution in [1.29, 1.82) is 0 Å². The Morgan fingerprint density at radius 3 is 2.20 bits per heavy atom. The molecule has 0 saturated carbocycles. The molecule has 0 saturated heterocycles. The Bertz CT molecular complexity index is 655. The maximum absolute atomic E-state index is 13.5. The summed E-state index contributed by atoms with van der Waals surface area (Å²) in [5.74, 6) is -2.02. The number of halogens is 2. The number of benzene rings is 2. The number of carbonyl (C=O) groups excluding carboxylic acids is 1. The molecular weight excluding hydrogens is 262 g/mol. The van der Waals surface area contributed by atoms with Crippen molar-refractivity contribution >= 4 is 5.97 Å². The Kier molecular flexibility index (Phi) is 3.84. The van der Waals surface area contributed by atoms with Crippen LogP contribution in [0.4, 0.5) is 8.78 Å². The SMILES string of the molecule is Cc1cc(C)c(OC(=O)c2cc(F)ccc2F)c(C)c1. The Morgan fingerprint density at radius 2 is 1.60 bits per heavy atom. The number of aryl methyl sites for hydroxylation is 3. The van der Waals surface area contributed by atoms with Crippen LogP contribution in [0.25, 0.3) is 0 Å². The van der Waals surface area contributed by atoms with Gasteiger partial charge in [-0.2, -0.15) is 0 Å². The first-order valence-corrected chi connectivity index (χ1v) is 6.13. The fraction of sp³-hybridized carbons (Fsp3) is 0.188. The van der Waals surface area contributed by atoms with E-state index in [1.165, 1.54) is 0 Å². The molecule has 4 heteroatoms. The molecule has 0 bridgehead atoms. The number of esters is 1. The zero-order valence-corrected chi connectivity index (χ0v) is 11.5. The standard InChI is InChI=1S/C16H14F2O2/c1-9-6-10(2)15(11(3)7-9)20-16(19)13-8-12(17)4-5-14(13)18/h4-8H,1-3H3. The maximum Gasteiger partial charge on any atom is 0.346 e. The van der Waals surface area contributed by atoms with Gasteiger partial charge >= 0.3 is 5.97 Å². The summed E-state index contributed by atoms with van der Waals surface area (Å²) in [6.45, 7) is 5.52. The molecule has 0 spiro atoms. The summed E-state index contributed by atoms with van der Waals surface area (Å²) >= 11 is 0. The van der Waals surface area contributed by atoms with Gasteiger partial charge < -0.3 is 4.74 Å². The first kappa shape index (κ1) is 14.2. The summed E-state index contributed by atoms with van der Waals surface area (Å²) in [7, 11) is 0. The minimum absolute atomic E-state index is 0.379. The van der Waals surface area contributed by atoms with Crippen molar-refractivity contribution in [2.45, 2.75) is 20.8 Å². The lowest BCUT2D eigenvalue weighted by Crippen LogP contribution is -2.12. The third kappa shape index (κ3) is 2.85. The largest absolute Gasteiger partial charge is 0.422 e. The second kappa shape index (κ2) is 5.41. The topological polar surface area (TPSA) is 26.3 Å². The van der Waals surface area contributed by atoms with Crippen molar-refractivity contribution in [3.05, 3.63) is 64.2 Å². The number of carbonyl (C=O) groups is 1. The average Bonchev–Trinajstić information content (AvgIpc) is 2.36. The highest BCUT2D eigenvalue weighted by atomic mass is 19.1. The molecule has 0 N–H and O–H groups in total. The molecule has 104 valence electrons. The first-order valence-electron chi connectivity index (χ1n) is 6.13. The smallest absolute Gasteiger partial charge is 0.346 e. The van der Waals surface area contributed by atoms with Crippen molar-refractivity contribution in [3.8, 4) is 5.75 Å². The van der Waals surface area contributed by atoms with Crippen molar-refractivity contribution in [2.75, 3.05) is 0 Å². The van der Waals surface area contributed by atoms with E-state index in [9.17, 15) is 13.6 Å². The monoisotopic (exact) mass is 276 g/mol. The Labute approximate surface area is 116 Å². The van der Waals surface area contributed by atoms with Gasteiger partial charge in [0.15, 0.2) is 0 Å². The molecular formula is C16H14F2O2. The van der Waals surface area contributed by atoms with Crippen LogP contribution in [0, 0.1) is 32.4 Å². The van der Waals surface area contributed by atoms with Gasteiger partial charge in [-0.05, 0) is 50.1 Å². The van der Waals surface area contributed by atoms with Crippen LogP contribution < -0.4 is 4.74 Å². The van der Waals surface area contributed by atoms with Crippen LogP contribution in [-0.2, 0) is 0 Å². The van der Waals surface area contributed by atoms with E-state index in [2.05, 4.69) is 0 Å². The lowest BCUT2D eigenvalue weighted by Gasteiger charge is -2.12. The second-order valence-electron chi connectivity index (χ2n) is 4.74. The fourth-order valence-electron chi connectivity index (χ4n) is 2.13. The molecule has 2 rings (SSSR count). The minimum atomic E-state index is -0.906. The fourth-order valence-corrected chi connectivity index (χ4v) is 2.13. The van der Waals surface area contributed by atoms with Crippen LogP contribution in [0.5, 0.6) is 5.75 Å². The normalized spacial score (nSPS) is 10.4. The molecule has 0 aromatic heterocycles. The summed E-state index contributed by atoms with van der Waals surface area (Å²) in [4.78, 5) is 11.9. The highest BCUT2D eigenvalue weighted by Gasteiger charge is 2.17. The zero-order valence-electron chi connectivity index (χ0n) is 11.5. The maximum atomic E-state index is 13.5. The van der Waals surface area contributed by atoms with Gasteiger partial charge in [0.05, 0.1) is 5.56 Å². The number of hydrogen-bond acceptors (Lipinski definition) is 2. The summed E-state index contributed by atoms with van der Waals surface area (Å²) in [6, 6.07) is 6.40. The third-order valence-electron chi connectivity index (χ3n) is 2.95. The molecule has 0 aliphatic carbocycles. The molecule has 0 heterocycles. The predicted octanol–water partition coefficient (Wildman–Crippen LogP) is 4.11. The van der Waals surface area contributed by atoms with Gasteiger partial charge in [0.25, 0.3) is 0 Å². The minimum Gasteiger partial charge on any atom is -0.422 e. The van der Waals surface area contributed by atoms with Crippen molar-refractivity contribution < 1.29 is 18.3 Å². The molecule has 2 aromatic rings. The molecule has 2 aromatic carbocycles. The lowest BCUT2D eigenvalue weighted by molar-refractivity contribution is 0.0727. The average molecular weight is 276 g/mol. The van der Waals surface area contributed by atoms with E-state index in [1.807, 2.05) is 19.1 Å². The van der Waals surface area contributed by atoms with Crippen LogP contribution in [0.2, 0.25) is 0 Å². The molecule has 0 aliphatic heterocycles. The first-order chi connectivity index (χ1) is 9.38. The number of rotatable bonds is 2. The van der Waals surface area contributed by atoms with E-state index >= 15 is 0 Å². The molecule has 0 radical (unpaired) electrons. The van der Waals surface area contributed by atoms with E-state index in [0.29, 0.717) is 5.75 Å². The van der Waals surface area contributed by atoms with Crippen LogP contribution in [0.1, 0.15) is 27.0 Å². The van der Waals surface area contributed by atoms with E-state index in [4.69, 9.17) is 4.74 Å². The van der Waals surface area contributed by atoms with Crippen molar-refractivity contribution in [1.82, 2.24) is 0 Å². The predicted molar refractivity (Wildman–Crippen MR) is 72.0 cm³/mol. The Balaban J connectivity index is 2.35. The van der Waals surface area contributed by atoms with Crippen LogP contribution in [0.3, 0.4) is 0 Å². The third-order valence-corrected chi connectivity index (χ3v) is 2.95. The second-order valence-corrected chi connectivity index (χ2v) is 4.74. The van der Waals surface area contributed by atoms with E-state index in [0.717, 1.165) is 34.9 Å². The van der Waals surface area contributed by atoms with Crippen LogP contribution in [0.15, 0.2) is 30.3 Å². The molecule has 0 unspecified atom stereocenters. The molecule has 0 fully saturated rings. The molecule has 20 heavy (non-hydrogen) atoms. The zero-order chi connectivity index (χ0) is 14.9. The van der Waals surface area contributed by atoms with Crippen LogP contribution >= 0.6 is 0 Å². The van der Waals surface area contributed by atoms with Gasteiger partial charge in [-0.25, -0.2) is 13.6 Å². The van der Waals surface area contributed by atoms with E-state index < -0.39 is 23.2 Å². The molecule has 0 amide bonds. The van der Waals surface area contributed by atoms with Gasteiger partial charge in [-0.3, -0.25) is 0 Å². The highest BCUT2D eigenvalue weighted by Crippen LogP contribution is 2.26. The van der Waals surface area contributed by atoms with Crippen molar-refractivity contribution in [2.24, 2.45) is 0 Å². The summed E-state index contributed by atoms with van der Waals surface area (Å²) in [5, 5.41) is 0. The summed E-state index contributed by atoms with van der Waals surface area (Å²) in [5.41, 5.74) is 2.17. The summed E-state index contributed by atoms with van der Waals surface area (Å²) in [6.07, 6.45) is 0. The highest BCUT2D eigenvalue weighted by molar-refractivity contribution is 5.91. The molecule has 2 nitrogen and oxygen atoms in total. The van der Waals surface area contributed by atoms with Gasteiger partial charge in [-0.1, -0.05) is 17.7 Å². The van der Waals surface area contributed by atoms with Gasteiger partial charge in [0.2, 0.25) is 0 Å². The summed E-state index contributed by atoms with van der Waals surface area (Å²) < 4.78 is 31.8. The Morgan fingerprint density at radius 1 is 1.00 bits per heavy atom. The van der Waals surface area contributed by atoms with Crippen LogP contribution in [-0.4, -0.2) is 5.97 Å². The van der Waals surface area contributed by atoms with Gasteiger partial charge in [-0.15, -0.1) is 0 Å². The van der Waals surface area contributed by atoms with E-state index in [-0.39, 0.29) is 0 Å².